The molecule has 0 saturated heterocycles. The van der Waals surface area contributed by atoms with Gasteiger partial charge in [-0.15, -0.1) is 0 Å². The molecule has 0 bridgehead atoms. The predicted molar refractivity (Wildman–Crippen MR) is 63.4 cm³/mol. The molecular formula is C11H14N2O6. The van der Waals surface area contributed by atoms with Crippen molar-refractivity contribution in [2.75, 3.05) is 20.8 Å². The number of aliphatic hydroxyl groups excluding tert-OH is 1. The molecule has 1 aromatic heterocycles. The monoisotopic (exact) mass is 270 g/mol. The summed E-state index contributed by atoms with van der Waals surface area (Å²) in [7, 11) is 2.82. The van der Waals surface area contributed by atoms with E-state index in [0.717, 1.165) is 4.57 Å². The van der Waals surface area contributed by atoms with Crippen molar-refractivity contribution in [3.8, 4) is 0 Å². The Hall–Kier alpha value is -2.06. The standard InChI is InChI=1S/C11H14N2O6/c1-17-8-6(5-14)19-10(9(8)18-2)13-4-3-7(15)12-11(13)16/h3-4,6,10,14H,5H2,1-2H3,(H,12,15,16)/t6-,10?/m1/s1. The van der Waals surface area contributed by atoms with Crippen LogP contribution in [0.2, 0.25) is 0 Å². The van der Waals surface area contributed by atoms with Crippen molar-refractivity contribution in [1.82, 2.24) is 9.55 Å². The Morgan fingerprint density at radius 2 is 2.05 bits per heavy atom. The van der Waals surface area contributed by atoms with Gasteiger partial charge in [-0.25, -0.2) is 4.79 Å². The summed E-state index contributed by atoms with van der Waals surface area (Å²) in [6.07, 6.45) is -0.317. The van der Waals surface area contributed by atoms with Gasteiger partial charge >= 0.3 is 5.69 Å². The van der Waals surface area contributed by atoms with Crippen LogP contribution in [-0.2, 0) is 14.2 Å². The van der Waals surface area contributed by atoms with Crippen LogP contribution in [0.25, 0.3) is 0 Å². The van der Waals surface area contributed by atoms with Crippen molar-refractivity contribution in [2.24, 2.45) is 0 Å². The lowest BCUT2D eigenvalue weighted by molar-refractivity contribution is -0.0414. The van der Waals surface area contributed by atoms with E-state index in [2.05, 4.69) is 4.98 Å². The van der Waals surface area contributed by atoms with E-state index in [1.54, 1.807) is 0 Å². The van der Waals surface area contributed by atoms with Gasteiger partial charge in [0.2, 0.25) is 0 Å². The molecule has 1 aliphatic heterocycles. The van der Waals surface area contributed by atoms with Gasteiger partial charge in [-0.3, -0.25) is 14.3 Å². The highest BCUT2D eigenvalue weighted by Crippen LogP contribution is 2.34. The Balaban J connectivity index is 2.48. The van der Waals surface area contributed by atoms with Gasteiger partial charge in [0.25, 0.3) is 5.56 Å². The number of aliphatic hydroxyl groups is 1. The highest BCUT2D eigenvalue weighted by molar-refractivity contribution is 5.16. The van der Waals surface area contributed by atoms with Gasteiger partial charge in [-0.1, -0.05) is 0 Å². The van der Waals surface area contributed by atoms with Crippen molar-refractivity contribution in [3.05, 3.63) is 44.6 Å². The number of ether oxygens (including phenoxy) is 3. The fourth-order valence-electron chi connectivity index (χ4n) is 1.92. The highest BCUT2D eigenvalue weighted by atomic mass is 16.6. The van der Waals surface area contributed by atoms with Crippen LogP contribution in [0.5, 0.6) is 0 Å². The van der Waals surface area contributed by atoms with Gasteiger partial charge in [-0.05, 0) is 0 Å². The molecule has 0 amide bonds. The molecule has 8 heteroatoms. The molecule has 2 N–H and O–H groups in total. The van der Waals surface area contributed by atoms with Crippen LogP contribution in [0.4, 0.5) is 0 Å². The fourth-order valence-corrected chi connectivity index (χ4v) is 1.92. The summed E-state index contributed by atoms with van der Waals surface area (Å²) < 4.78 is 16.9. The van der Waals surface area contributed by atoms with Crippen LogP contribution >= 0.6 is 0 Å². The van der Waals surface area contributed by atoms with Crippen molar-refractivity contribution in [2.45, 2.75) is 12.3 Å². The molecule has 0 fully saturated rings. The molecule has 0 spiro atoms. The number of nitrogens with one attached hydrogen (secondary N) is 1. The third kappa shape index (κ3) is 2.27. The zero-order chi connectivity index (χ0) is 14.0. The minimum Gasteiger partial charge on any atom is -0.495 e. The zero-order valence-corrected chi connectivity index (χ0v) is 10.5. The van der Waals surface area contributed by atoms with Crippen LogP contribution in [0.3, 0.4) is 0 Å². The second-order valence-corrected chi connectivity index (χ2v) is 3.81. The topological polar surface area (TPSA) is 103 Å². The van der Waals surface area contributed by atoms with E-state index in [4.69, 9.17) is 14.2 Å². The van der Waals surface area contributed by atoms with Crippen LogP contribution in [0.15, 0.2) is 33.4 Å². The molecular weight excluding hydrogens is 256 g/mol. The smallest absolute Gasteiger partial charge is 0.330 e. The first-order valence-corrected chi connectivity index (χ1v) is 5.52. The third-order valence-electron chi connectivity index (χ3n) is 2.76. The SMILES string of the molecule is COC1=C(OC)[C@@H](CO)OC1n1ccc(=O)[nH]c1=O. The number of hydrogen-bond donors (Lipinski definition) is 2. The quantitative estimate of drug-likeness (QED) is 0.722. The van der Waals surface area contributed by atoms with Crippen molar-refractivity contribution in [1.29, 1.82) is 0 Å². The molecule has 1 unspecified atom stereocenters. The van der Waals surface area contributed by atoms with Crippen LogP contribution in [-0.4, -0.2) is 41.6 Å². The average molecular weight is 270 g/mol. The first-order valence-electron chi connectivity index (χ1n) is 5.52. The lowest BCUT2D eigenvalue weighted by Gasteiger charge is -2.16. The Labute approximate surface area is 107 Å². The highest BCUT2D eigenvalue weighted by Gasteiger charge is 2.38. The molecule has 2 heterocycles. The fraction of sp³-hybridized carbons (Fsp3) is 0.455. The minimum atomic E-state index is -0.888. The molecule has 1 aliphatic rings. The van der Waals surface area contributed by atoms with E-state index >= 15 is 0 Å². The summed E-state index contributed by atoms with van der Waals surface area (Å²) in [5.74, 6) is 0.587. The van der Waals surface area contributed by atoms with Gasteiger partial charge in [0.15, 0.2) is 17.7 Å². The van der Waals surface area contributed by atoms with Crippen molar-refractivity contribution in [3.63, 3.8) is 0 Å². The minimum absolute atomic E-state index is 0.274. The Kier molecular flexibility index (Phi) is 3.72. The number of aromatic nitrogens is 2. The van der Waals surface area contributed by atoms with Gasteiger partial charge in [0.1, 0.15) is 6.10 Å². The van der Waals surface area contributed by atoms with Crippen LogP contribution < -0.4 is 11.2 Å². The van der Waals surface area contributed by atoms with E-state index in [-0.39, 0.29) is 12.4 Å². The molecule has 0 radical (unpaired) electrons. The maximum Gasteiger partial charge on any atom is 0.330 e. The van der Waals surface area contributed by atoms with Crippen molar-refractivity contribution < 1.29 is 19.3 Å². The molecule has 2 atom stereocenters. The Bertz CT molecular complexity index is 602. The Morgan fingerprint density at radius 1 is 1.37 bits per heavy atom. The van der Waals surface area contributed by atoms with Gasteiger partial charge in [-0.2, -0.15) is 0 Å². The first kappa shape index (κ1) is 13.4. The van der Waals surface area contributed by atoms with E-state index in [1.807, 2.05) is 0 Å². The lowest BCUT2D eigenvalue weighted by atomic mass is 10.3. The van der Waals surface area contributed by atoms with Gasteiger partial charge in [0, 0.05) is 12.3 Å². The van der Waals surface area contributed by atoms with Crippen molar-refractivity contribution >= 4 is 0 Å². The largest absolute Gasteiger partial charge is 0.495 e. The molecule has 2 rings (SSSR count). The molecule has 19 heavy (non-hydrogen) atoms. The maximum absolute atomic E-state index is 11.7. The predicted octanol–water partition coefficient (Wildman–Crippen LogP) is -1.07. The molecule has 1 aromatic rings. The third-order valence-corrected chi connectivity index (χ3v) is 2.76. The number of H-pyrrole nitrogens is 1. The van der Waals surface area contributed by atoms with Crippen LogP contribution in [0, 0.1) is 0 Å². The van der Waals surface area contributed by atoms with Gasteiger partial charge < -0.3 is 19.3 Å². The molecule has 8 nitrogen and oxygen atoms in total. The maximum atomic E-state index is 11.7. The van der Waals surface area contributed by atoms with Gasteiger partial charge in [0.05, 0.1) is 20.8 Å². The molecule has 0 saturated carbocycles. The number of methoxy groups -OCH3 is 2. The second kappa shape index (κ2) is 5.29. The van der Waals surface area contributed by atoms with E-state index in [9.17, 15) is 14.7 Å². The summed E-state index contributed by atoms with van der Waals surface area (Å²) in [6, 6.07) is 1.19. The summed E-state index contributed by atoms with van der Waals surface area (Å²) in [4.78, 5) is 24.9. The van der Waals surface area contributed by atoms with Crippen LogP contribution in [0.1, 0.15) is 6.23 Å². The molecule has 0 aliphatic carbocycles. The number of rotatable bonds is 4. The normalized spacial score (nSPS) is 22.7. The first-order chi connectivity index (χ1) is 9.12. The summed E-state index contributed by atoms with van der Waals surface area (Å²) in [5.41, 5.74) is -1.14. The number of aromatic amines is 1. The zero-order valence-electron chi connectivity index (χ0n) is 10.5. The number of nitrogens with zero attached hydrogens (tertiary/aromatic N) is 1. The summed E-state index contributed by atoms with van der Waals surface area (Å²) in [6.45, 7) is -0.315. The molecule has 104 valence electrons. The average Bonchev–Trinajstić information content (AvgIpc) is 2.76. The lowest BCUT2D eigenvalue weighted by Crippen LogP contribution is -2.33. The molecule has 0 aromatic carbocycles. The Morgan fingerprint density at radius 3 is 2.58 bits per heavy atom. The summed E-state index contributed by atoms with van der Waals surface area (Å²) in [5, 5.41) is 9.22. The second-order valence-electron chi connectivity index (χ2n) is 3.81. The summed E-state index contributed by atoms with van der Waals surface area (Å²) >= 11 is 0. The van der Waals surface area contributed by atoms with E-state index in [1.165, 1.54) is 26.5 Å². The van der Waals surface area contributed by atoms with E-state index < -0.39 is 23.6 Å². The number of hydrogen-bond acceptors (Lipinski definition) is 6. The van der Waals surface area contributed by atoms with E-state index in [0.29, 0.717) is 5.76 Å².